The van der Waals surface area contributed by atoms with Crippen LogP contribution in [-0.2, 0) is 13.5 Å². The Balaban J connectivity index is 2.11. The minimum absolute atomic E-state index is 0.634. The van der Waals surface area contributed by atoms with E-state index in [2.05, 4.69) is 24.3 Å². The highest BCUT2D eigenvalue weighted by Gasteiger charge is 2.31. The van der Waals surface area contributed by atoms with Gasteiger partial charge in [0.2, 0.25) is 0 Å². The second-order valence-corrected chi connectivity index (χ2v) is 6.94. The molecule has 0 bridgehead atoms. The molecule has 1 N–H and O–H groups in total. The van der Waals surface area contributed by atoms with Crippen LogP contribution in [0.25, 0.3) is 0 Å². The fourth-order valence-corrected chi connectivity index (χ4v) is 4.18. The molecule has 3 atom stereocenters. The summed E-state index contributed by atoms with van der Waals surface area (Å²) >= 11 is 6.45. The molecule has 3 nitrogen and oxygen atoms in total. The minimum atomic E-state index is 0.634. The average molecular weight is 312 g/mol. The van der Waals surface area contributed by atoms with Crippen molar-refractivity contribution in [3.8, 4) is 0 Å². The van der Waals surface area contributed by atoms with Crippen LogP contribution in [0.2, 0.25) is 5.02 Å². The first kappa shape index (κ1) is 16.8. The summed E-state index contributed by atoms with van der Waals surface area (Å²) in [5.41, 5.74) is 2.16. The third kappa shape index (κ3) is 4.01. The van der Waals surface area contributed by atoms with Crippen molar-refractivity contribution in [1.29, 1.82) is 0 Å². The largest absolute Gasteiger partial charge is 0.314 e. The van der Waals surface area contributed by atoms with E-state index in [1.165, 1.54) is 37.8 Å². The van der Waals surface area contributed by atoms with Gasteiger partial charge in [-0.05, 0) is 51.0 Å². The quantitative estimate of drug-likeness (QED) is 0.856. The molecule has 3 unspecified atom stereocenters. The molecule has 0 radical (unpaired) electrons. The predicted octanol–water partition coefficient (Wildman–Crippen LogP) is 4.12. The predicted molar refractivity (Wildman–Crippen MR) is 89.9 cm³/mol. The summed E-state index contributed by atoms with van der Waals surface area (Å²) in [6.07, 6.45) is 7.72. The summed E-state index contributed by atoms with van der Waals surface area (Å²) in [7, 11) is 2.02. The van der Waals surface area contributed by atoms with Crippen molar-refractivity contribution in [3.05, 3.63) is 16.4 Å². The SMILES string of the molecule is CCCC1CCC(NCC)C(Cc2c(Cl)c(C)nn2C)C1. The third-order valence-electron chi connectivity index (χ3n) is 4.97. The molecule has 2 rings (SSSR count). The van der Waals surface area contributed by atoms with Gasteiger partial charge in [-0.2, -0.15) is 5.10 Å². The van der Waals surface area contributed by atoms with Crippen LogP contribution < -0.4 is 5.32 Å². The van der Waals surface area contributed by atoms with Gasteiger partial charge in [0.25, 0.3) is 0 Å². The molecular formula is C17H30ClN3. The maximum Gasteiger partial charge on any atom is 0.0847 e. The summed E-state index contributed by atoms with van der Waals surface area (Å²) in [6.45, 7) is 7.55. The maximum atomic E-state index is 6.45. The molecule has 0 amide bonds. The van der Waals surface area contributed by atoms with E-state index in [-0.39, 0.29) is 0 Å². The number of nitrogens with one attached hydrogen (secondary N) is 1. The van der Waals surface area contributed by atoms with Crippen molar-refractivity contribution < 1.29 is 0 Å². The minimum Gasteiger partial charge on any atom is -0.314 e. The summed E-state index contributed by atoms with van der Waals surface area (Å²) in [5, 5.41) is 9.02. The highest BCUT2D eigenvalue weighted by Crippen LogP contribution is 2.35. The van der Waals surface area contributed by atoms with Gasteiger partial charge < -0.3 is 5.32 Å². The second kappa shape index (κ2) is 7.64. The Hall–Kier alpha value is -0.540. The highest BCUT2D eigenvalue weighted by molar-refractivity contribution is 6.31. The van der Waals surface area contributed by atoms with Crippen LogP contribution in [0, 0.1) is 18.8 Å². The lowest BCUT2D eigenvalue weighted by Crippen LogP contribution is -2.41. The van der Waals surface area contributed by atoms with Crippen LogP contribution in [0.5, 0.6) is 0 Å². The first-order valence-corrected chi connectivity index (χ1v) is 8.85. The zero-order valence-corrected chi connectivity index (χ0v) is 14.7. The molecule has 1 aromatic rings. The molecule has 1 heterocycles. The monoisotopic (exact) mass is 311 g/mol. The van der Waals surface area contributed by atoms with Crippen LogP contribution in [0.1, 0.15) is 57.3 Å². The van der Waals surface area contributed by atoms with Gasteiger partial charge in [0.15, 0.2) is 0 Å². The standard InChI is InChI=1S/C17H30ClN3/c1-5-7-13-8-9-15(19-6-2)14(10-13)11-16-17(18)12(3)20-21(16)4/h13-15,19H,5-11H2,1-4H3. The average Bonchev–Trinajstić information content (AvgIpc) is 2.69. The summed E-state index contributed by atoms with van der Waals surface area (Å²) in [5.74, 6) is 1.57. The van der Waals surface area contributed by atoms with Crippen LogP contribution >= 0.6 is 11.6 Å². The Bertz CT molecular complexity index is 455. The van der Waals surface area contributed by atoms with Gasteiger partial charge in [0.1, 0.15) is 0 Å². The van der Waals surface area contributed by atoms with Crippen LogP contribution in [0.4, 0.5) is 0 Å². The lowest BCUT2D eigenvalue weighted by molar-refractivity contribution is 0.193. The molecule has 4 heteroatoms. The van der Waals surface area contributed by atoms with Gasteiger partial charge in [-0.3, -0.25) is 4.68 Å². The molecule has 0 aromatic carbocycles. The summed E-state index contributed by atoms with van der Waals surface area (Å²) in [4.78, 5) is 0. The van der Waals surface area contributed by atoms with Crippen molar-refractivity contribution in [2.24, 2.45) is 18.9 Å². The van der Waals surface area contributed by atoms with E-state index in [9.17, 15) is 0 Å². The van der Waals surface area contributed by atoms with Crippen LogP contribution in [0.3, 0.4) is 0 Å². The molecule has 1 saturated carbocycles. The second-order valence-electron chi connectivity index (χ2n) is 6.57. The smallest absolute Gasteiger partial charge is 0.0847 e. The number of nitrogens with zero attached hydrogens (tertiary/aromatic N) is 2. The van der Waals surface area contributed by atoms with Crippen molar-refractivity contribution in [2.45, 2.75) is 65.3 Å². The zero-order chi connectivity index (χ0) is 15.4. The van der Waals surface area contributed by atoms with Gasteiger partial charge in [-0.1, -0.05) is 38.3 Å². The third-order valence-corrected chi connectivity index (χ3v) is 5.46. The number of aromatic nitrogens is 2. The first-order valence-electron chi connectivity index (χ1n) is 8.48. The fourth-order valence-electron chi connectivity index (χ4n) is 3.94. The Kier molecular flexibility index (Phi) is 6.12. The molecule has 1 fully saturated rings. The van der Waals surface area contributed by atoms with Crippen LogP contribution in [0.15, 0.2) is 0 Å². The van der Waals surface area contributed by atoms with E-state index in [1.54, 1.807) is 0 Å². The van der Waals surface area contributed by atoms with Crippen molar-refractivity contribution in [1.82, 2.24) is 15.1 Å². The fraction of sp³-hybridized carbons (Fsp3) is 0.824. The zero-order valence-electron chi connectivity index (χ0n) is 14.0. The van der Waals surface area contributed by atoms with Gasteiger partial charge in [-0.15, -0.1) is 0 Å². The van der Waals surface area contributed by atoms with E-state index < -0.39 is 0 Å². The lowest BCUT2D eigenvalue weighted by Gasteiger charge is -2.37. The molecule has 0 spiro atoms. The van der Waals surface area contributed by atoms with Crippen molar-refractivity contribution >= 4 is 11.6 Å². The van der Waals surface area contributed by atoms with Gasteiger partial charge >= 0.3 is 0 Å². The Morgan fingerprint density at radius 2 is 2.10 bits per heavy atom. The number of halogens is 1. The molecule has 1 aliphatic carbocycles. The van der Waals surface area contributed by atoms with Gasteiger partial charge in [-0.25, -0.2) is 0 Å². The van der Waals surface area contributed by atoms with E-state index in [1.807, 2.05) is 18.7 Å². The van der Waals surface area contributed by atoms with Gasteiger partial charge in [0, 0.05) is 13.1 Å². The number of hydrogen-bond donors (Lipinski definition) is 1. The Morgan fingerprint density at radius 1 is 1.33 bits per heavy atom. The van der Waals surface area contributed by atoms with Gasteiger partial charge in [0.05, 0.1) is 16.4 Å². The number of hydrogen-bond acceptors (Lipinski definition) is 2. The number of rotatable bonds is 6. The Morgan fingerprint density at radius 3 is 2.67 bits per heavy atom. The summed E-state index contributed by atoms with van der Waals surface area (Å²) in [6, 6.07) is 0.634. The van der Waals surface area contributed by atoms with E-state index >= 15 is 0 Å². The molecule has 0 saturated heterocycles. The Labute approximate surface area is 134 Å². The van der Waals surface area contributed by atoms with Crippen LogP contribution in [-0.4, -0.2) is 22.4 Å². The molecule has 0 aliphatic heterocycles. The van der Waals surface area contributed by atoms with E-state index in [0.29, 0.717) is 12.0 Å². The topological polar surface area (TPSA) is 29.9 Å². The normalized spacial score (nSPS) is 26.2. The first-order chi connectivity index (χ1) is 10.1. The number of aryl methyl sites for hydroxylation is 2. The maximum absolute atomic E-state index is 6.45. The van der Waals surface area contributed by atoms with Crippen molar-refractivity contribution in [3.63, 3.8) is 0 Å². The molecule has 1 aliphatic rings. The molecule has 21 heavy (non-hydrogen) atoms. The lowest BCUT2D eigenvalue weighted by atomic mass is 9.74. The van der Waals surface area contributed by atoms with E-state index in [0.717, 1.165) is 29.6 Å². The van der Waals surface area contributed by atoms with Crippen molar-refractivity contribution in [2.75, 3.05) is 6.54 Å². The van der Waals surface area contributed by atoms with E-state index in [4.69, 9.17) is 11.6 Å². The highest BCUT2D eigenvalue weighted by atomic mass is 35.5. The molecule has 120 valence electrons. The molecular weight excluding hydrogens is 282 g/mol. The molecule has 1 aromatic heterocycles. The summed E-state index contributed by atoms with van der Waals surface area (Å²) < 4.78 is 1.98.